The summed E-state index contributed by atoms with van der Waals surface area (Å²) in [6.07, 6.45) is 5.44. The number of Topliss-reactive ketones (excluding diaryl/α,β-unsaturated/α-hetero) is 1. The molecule has 3 heteroatoms. The second kappa shape index (κ2) is 8.89. The molecule has 2 atom stereocenters. The van der Waals surface area contributed by atoms with Gasteiger partial charge in [-0.15, -0.1) is 0 Å². The van der Waals surface area contributed by atoms with Crippen molar-refractivity contribution in [2.75, 3.05) is 7.11 Å². The van der Waals surface area contributed by atoms with Crippen LogP contribution in [0.2, 0.25) is 0 Å². The van der Waals surface area contributed by atoms with Gasteiger partial charge in [0.2, 0.25) is 0 Å². The van der Waals surface area contributed by atoms with E-state index in [1.165, 1.54) is 7.11 Å². The molecule has 0 N–H and O–H groups in total. The number of hydrogen-bond donors (Lipinski definition) is 0. The quantitative estimate of drug-likeness (QED) is 0.499. The van der Waals surface area contributed by atoms with Crippen LogP contribution in [0.4, 0.5) is 0 Å². The maximum atomic E-state index is 11.6. The van der Waals surface area contributed by atoms with Gasteiger partial charge in [-0.25, -0.2) is 0 Å². The number of ketones is 1. The molecule has 0 spiro atoms. The number of allylic oxidation sites excluding steroid dienone is 2. The summed E-state index contributed by atoms with van der Waals surface area (Å²) in [5, 5.41) is 0. The van der Waals surface area contributed by atoms with E-state index in [1.807, 2.05) is 26.0 Å². The maximum absolute atomic E-state index is 11.6. The molecule has 0 saturated heterocycles. The standard InChI is InChI=1S/C16H28O3/c1-11(2)14(13(5)17)9-7-8-10-15(12(3)4)16(18)19-6/h7-8,11-12,14-15H,9-10H2,1-6H3/b8-7+. The zero-order valence-corrected chi connectivity index (χ0v) is 13.1. The Hall–Kier alpha value is -1.12. The molecule has 0 fully saturated rings. The first kappa shape index (κ1) is 17.9. The van der Waals surface area contributed by atoms with Gasteiger partial charge in [0.05, 0.1) is 13.0 Å². The molecule has 0 aromatic heterocycles. The summed E-state index contributed by atoms with van der Waals surface area (Å²) in [6.45, 7) is 9.80. The first-order valence-corrected chi connectivity index (χ1v) is 7.04. The number of carbonyl (C=O) groups excluding carboxylic acids is 2. The van der Waals surface area contributed by atoms with Crippen LogP contribution in [0.15, 0.2) is 12.2 Å². The minimum Gasteiger partial charge on any atom is -0.469 e. The molecule has 0 bridgehead atoms. The predicted octanol–water partition coefficient (Wildman–Crippen LogP) is 3.63. The summed E-state index contributed by atoms with van der Waals surface area (Å²) >= 11 is 0. The lowest BCUT2D eigenvalue weighted by atomic mass is 9.88. The molecule has 0 aromatic carbocycles. The van der Waals surface area contributed by atoms with Crippen LogP contribution < -0.4 is 0 Å². The number of carbonyl (C=O) groups is 2. The van der Waals surface area contributed by atoms with Crippen molar-refractivity contribution in [3.8, 4) is 0 Å². The summed E-state index contributed by atoms with van der Waals surface area (Å²) < 4.78 is 4.80. The van der Waals surface area contributed by atoms with Crippen molar-refractivity contribution in [3.05, 3.63) is 12.2 Å². The van der Waals surface area contributed by atoms with Crippen LogP contribution in [0.25, 0.3) is 0 Å². The van der Waals surface area contributed by atoms with Gasteiger partial charge in [-0.05, 0) is 31.6 Å². The Morgan fingerprint density at radius 1 is 0.947 bits per heavy atom. The molecule has 2 unspecified atom stereocenters. The van der Waals surface area contributed by atoms with Crippen molar-refractivity contribution in [2.24, 2.45) is 23.7 Å². The lowest BCUT2D eigenvalue weighted by Gasteiger charge is -2.17. The van der Waals surface area contributed by atoms with Gasteiger partial charge in [0, 0.05) is 5.92 Å². The topological polar surface area (TPSA) is 43.4 Å². The van der Waals surface area contributed by atoms with E-state index in [0.717, 1.165) is 6.42 Å². The fourth-order valence-corrected chi connectivity index (χ4v) is 2.19. The highest BCUT2D eigenvalue weighted by Gasteiger charge is 2.21. The Balaban J connectivity index is 4.40. The number of methoxy groups -OCH3 is 1. The van der Waals surface area contributed by atoms with Crippen LogP contribution >= 0.6 is 0 Å². The third-order valence-corrected chi connectivity index (χ3v) is 3.58. The molecule has 0 rings (SSSR count). The Morgan fingerprint density at radius 3 is 1.68 bits per heavy atom. The average Bonchev–Trinajstić information content (AvgIpc) is 2.31. The van der Waals surface area contributed by atoms with Crippen molar-refractivity contribution < 1.29 is 14.3 Å². The minimum absolute atomic E-state index is 0.0758. The smallest absolute Gasteiger partial charge is 0.309 e. The molecule has 0 aromatic rings. The summed E-state index contributed by atoms with van der Waals surface area (Å²) in [5.74, 6) is 0.650. The van der Waals surface area contributed by atoms with E-state index in [2.05, 4.69) is 13.8 Å². The molecular weight excluding hydrogens is 240 g/mol. The lowest BCUT2D eigenvalue weighted by Crippen LogP contribution is -2.21. The molecule has 0 saturated carbocycles. The Labute approximate surface area is 117 Å². The SMILES string of the molecule is COC(=O)C(C/C=C/CC(C(C)=O)C(C)C)C(C)C. The van der Waals surface area contributed by atoms with Crippen molar-refractivity contribution in [2.45, 2.75) is 47.5 Å². The Morgan fingerprint density at radius 2 is 1.37 bits per heavy atom. The normalized spacial score (nSPS) is 14.9. The van der Waals surface area contributed by atoms with Crippen LogP contribution in [0.5, 0.6) is 0 Å². The highest BCUT2D eigenvalue weighted by Crippen LogP contribution is 2.20. The van der Waals surface area contributed by atoms with Crippen LogP contribution in [-0.2, 0) is 14.3 Å². The second-order valence-corrected chi connectivity index (χ2v) is 5.78. The maximum Gasteiger partial charge on any atom is 0.309 e. The van der Waals surface area contributed by atoms with Gasteiger partial charge in [0.15, 0.2) is 0 Å². The monoisotopic (exact) mass is 268 g/mol. The van der Waals surface area contributed by atoms with E-state index in [4.69, 9.17) is 4.74 Å². The third-order valence-electron chi connectivity index (χ3n) is 3.58. The first-order chi connectivity index (χ1) is 8.81. The van der Waals surface area contributed by atoms with E-state index < -0.39 is 0 Å². The van der Waals surface area contributed by atoms with Gasteiger partial charge in [0.1, 0.15) is 5.78 Å². The van der Waals surface area contributed by atoms with Crippen LogP contribution in [0.1, 0.15) is 47.5 Å². The zero-order chi connectivity index (χ0) is 15.0. The molecule has 3 nitrogen and oxygen atoms in total. The van der Waals surface area contributed by atoms with E-state index in [1.54, 1.807) is 6.92 Å². The molecule has 0 aliphatic carbocycles. The summed E-state index contributed by atoms with van der Waals surface area (Å²) in [4.78, 5) is 23.1. The third kappa shape index (κ3) is 6.55. The molecule has 0 aliphatic rings. The van der Waals surface area contributed by atoms with Crippen molar-refractivity contribution >= 4 is 11.8 Å². The van der Waals surface area contributed by atoms with E-state index >= 15 is 0 Å². The van der Waals surface area contributed by atoms with E-state index in [-0.39, 0.29) is 29.5 Å². The van der Waals surface area contributed by atoms with Gasteiger partial charge in [-0.3, -0.25) is 9.59 Å². The van der Waals surface area contributed by atoms with E-state index in [9.17, 15) is 9.59 Å². The van der Waals surface area contributed by atoms with Crippen molar-refractivity contribution in [3.63, 3.8) is 0 Å². The van der Waals surface area contributed by atoms with Crippen LogP contribution in [-0.4, -0.2) is 18.9 Å². The van der Waals surface area contributed by atoms with Crippen molar-refractivity contribution in [1.82, 2.24) is 0 Å². The molecule has 19 heavy (non-hydrogen) atoms. The molecular formula is C16H28O3. The van der Waals surface area contributed by atoms with E-state index in [0.29, 0.717) is 12.3 Å². The largest absolute Gasteiger partial charge is 0.469 e. The Bertz CT molecular complexity index is 316. The average molecular weight is 268 g/mol. The summed E-state index contributed by atoms with van der Waals surface area (Å²) in [6, 6.07) is 0. The zero-order valence-electron chi connectivity index (χ0n) is 13.1. The number of esters is 1. The Kier molecular flexibility index (Phi) is 8.37. The first-order valence-electron chi connectivity index (χ1n) is 7.04. The predicted molar refractivity (Wildman–Crippen MR) is 77.7 cm³/mol. The van der Waals surface area contributed by atoms with Gasteiger partial charge < -0.3 is 4.74 Å². The van der Waals surface area contributed by atoms with Gasteiger partial charge in [-0.2, -0.15) is 0 Å². The van der Waals surface area contributed by atoms with Crippen LogP contribution in [0, 0.1) is 23.7 Å². The minimum atomic E-state index is -0.161. The fourth-order valence-electron chi connectivity index (χ4n) is 2.19. The van der Waals surface area contributed by atoms with Gasteiger partial charge >= 0.3 is 5.97 Å². The summed E-state index contributed by atoms with van der Waals surface area (Å²) in [7, 11) is 1.42. The molecule has 0 aliphatic heterocycles. The van der Waals surface area contributed by atoms with Gasteiger partial charge in [0.25, 0.3) is 0 Å². The molecule has 0 radical (unpaired) electrons. The number of ether oxygens (including phenoxy) is 1. The summed E-state index contributed by atoms with van der Waals surface area (Å²) in [5.41, 5.74) is 0. The molecule has 110 valence electrons. The van der Waals surface area contributed by atoms with Gasteiger partial charge in [-0.1, -0.05) is 39.8 Å². The highest BCUT2D eigenvalue weighted by atomic mass is 16.5. The fraction of sp³-hybridized carbons (Fsp3) is 0.750. The highest BCUT2D eigenvalue weighted by molar-refractivity contribution is 5.78. The molecule has 0 heterocycles. The van der Waals surface area contributed by atoms with Crippen LogP contribution in [0.3, 0.4) is 0 Å². The number of hydrogen-bond acceptors (Lipinski definition) is 3. The molecule has 0 amide bonds. The van der Waals surface area contributed by atoms with Crippen molar-refractivity contribution in [1.29, 1.82) is 0 Å². The second-order valence-electron chi connectivity index (χ2n) is 5.78. The number of rotatable bonds is 8. The lowest BCUT2D eigenvalue weighted by molar-refractivity contribution is -0.146.